The molecule has 5 rings (SSSR count). The Morgan fingerprint density at radius 2 is 1.95 bits per heavy atom. The van der Waals surface area contributed by atoms with Crippen LogP contribution in [0.15, 0.2) is 48.6 Å². The SMILES string of the molecule is C[C@@H]1/C=C\CC(O)[C@@H]2CC[C@H]2CN2CCCCc3cc(Cl)ccc3COc3ccc(cc32)C(=O)NS(=O)(=O)C1. The number of sulfonamides is 1. The van der Waals surface area contributed by atoms with Gasteiger partial charge in [-0.05, 0) is 97.7 Å². The third kappa shape index (κ3) is 6.79. The number of aryl methyl sites for hydroxylation is 1. The van der Waals surface area contributed by atoms with Crippen LogP contribution in [0.2, 0.25) is 5.02 Å². The fourth-order valence-corrected chi connectivity index (χ4v) is 7.44. The lowest BCUT2D eigenvalue weighted by molar-refractivity contribution is 0.0180. The molecule has 0 saturated heterocycles. The molecule has 2 heterocycles. The van der Waals surface area contributed by atoms with Crippen molar-refractivity contribution in [1.82, 2.24) is 4.72 Å². The van der Waals surface area contributed by atoms with Gasteiger partial charge in [0.25, 0.3) is 5.91 Å². The zero-order valence-electron chi connectivity index (χ0n) is 22.3. The van der Waals surface area contributed by atoms with Crippen LogP contribution < -0.4 is 14.4 Å². The monoisotopic (exact) mass is 572 g/mol. The molecule has 1 unspecified atom stereocenters. The highest BCUT2D eigenvalue weighted by molar-refractivity contribution is 7.90. The molecule has 0 spiro atoms. The number of aliphatic hydroxyl groups is 1. The maximum atomic E-state index is 13.1. The minimum absolute atomic E-state index is 0.182. The highest BCUT2D eigenvalue weighted by atomic mass is 35.5. The lowest BCUT2D eigenvalue weighted by atomic mass is 9.69. The van der Waals surface area contributed by atoms with Crippen LogP contribution in [-0.4, -0.2) is 44.4 Å². The molecule has 2 bridgehead atoms. The van der Waals surface area contributed by atoms with Gasteiger partial charge in [-0.25, -0.2) is 13.1 Å². The Bertz CT molecular complexity index is 1340. The molecule has 0 aromatic heterocycles. The van der Waals surface area contributed by atoms with E-state index in [1.54, 1.807) is 25.1 Å². The number of nitrogens with zero attached hydrogens (tertiary/aromatic N) is 1. The number of halogens is 1. The summed E-state index contributed by atoms with van der Waals surface area (Å²) in [4.78, 5) is 15.4. The predicted molar refractivity (Wildman–Crippen MR) is 154 cm³/mol. The maximum Gasteiger partial charge on any atom is 0.264 e. The molecule has 1 amide bonds. The Kier molecular flexibility index (Phi) is 8.55. The van der Waals surface area contributed by atoms with E-state index in [4.69, 9.17) is 16.3 Å². The summed E-state index contributed by atoms with van der Waals surface area (Å²) in [7, 11) is -3.85. The standard InChI is InChI=1S/C30H37ClN2O5S/c1-20-5-4-7-28(34)26-12-9-23(26)17-33-14-3-2-6-21-15-25(31)11-8-24(21)18-38-29-13-10-22(16-27(29)33)30(35)32-39(36,37)19-20/h4-5,8,10-11,13,15-16,20,23,26,28,34H,2-3,6-7,9,12,14,17-19H2,1H3,(H,32,35)/b5-4-/t20-,23+,26-,28?/m1/s1. The average Bonchev–Trinajstić information content (AvgIpc) is 2.88. The number of allylic oxidation sites excluding steroid dienone is 1. The molecule has 1 fully saturated rings. The van der Waals surface area contributed by atoms with E-state index in [9.17, 15) is 18.3 Å². The molecule has 7 nitrogen and oxygen atoms in total. The van der Waals surface area contributed by atoms with Crippen molar-refractivity contribution < 1.29 is 23.1 Å². The quantitative estimate of drug-likeness (QED) is 0.426. The molecule has 3 aliphatic rings. The lowest BCUT2D eigenvalue weighted by Crippen LogP contribution is -2.43. The van der Waals surface area contributed by atoms with Gasteiger partial charge in [0.15, 0.2) is 0 Å². The van der Waals surface area contributed by atoms with Crippen molar-refractivity contribution >= 4 is 33.2 Å². The van der Waals surface area contributed by atoms with Crippen molar-refractivity contribution in [2.75, 3.05) is 23.7 Å². The Morgan fingerprint density at radius 3 is 2.74 bits per heavy atom. The van der Waals surface area contributed by atoms with E-state index in [0.29, 0.717) is 29.7 Å². The van der Waals surface area contributed by atoms with E-state index in [-0.39, 0.29) is 23.2 Å². The number of carbonyl (C=O) groups is 1. The average molecular weight is 573 g/mol. The van der Waals surface area contributed by atoms with Crippen molar-refractivity contribution in [2.24, 2.45) is 17.8 Å². The fourth-order valence-electron chi connectivity index (χ4n) is 5.96. The number of nitrogens with one attached hydrogen (secondary N) is 1. The number of ether oxygens (including phenoxy) is 1. The maximum absolute atomic E-state index is 13.1. The first-order valence-corrected chi connectivity index (χ1v) is 15.9. The highest BCUT2D eigenvalue weighted by Crippen LogP contribution is 2.41. The van der Waals surface area contributed by atoms with Gasteiger partial charge in [0, 0.05) is 23.7 Å². The van der Waals surface area contributed by atoms with Gasteiger partial charge in [0.1, 0.15) is 12.4 Å². The number of amides is 1. The second-order valence-corrected chi connectivity index (χ2v) is 13.4. The first kappa shape index (κ1) is 28.0. The molecule has 9 heteroatoms. The zero-order valence-corrected chi connectivity index (χ0v) is 23.9. The van der Waals surface area contributed by atoms with E-state index >= 15 is 0 Å². The minimum Gasteiger partial charge on any atom is -0.487 e. The molecule has 2 aliphatic heterocycles. The number of hydrogen-bond acceptors (Lipinski definition) is 6. The number of rotatable bonds is 0. The van der Waals surface area contributed by atoms with Gasteiger partial charge < -0.3 is 14.7 Å². The number of carbonyl (C=O) groups excluding carboxylic acids is 1. The Hall–Kier alpha value is -2.55. The van der Waals surface area contributed by atoms with Crippen molar-refractivity contribution in [3.63, 3.8) is 0 Å². The van der Waals surface area contributed by atoms with E-state index in [1.165, 1.54) is 5.56 Å². The van der Waals surface area contributed by atoms with Gasteiger partial charge >= 0.3 is 0 Å². The summed E-state index contributed by atoms with van der Waals surface area (Å²) in [6.45, 7) is 3.65. The first-order chi connectivity index (χ1) is 18.7. The van der Waals surface area contributed by atoms with Crippen molar-refractivity contribution in [3.05, 3.63) is 70.3 Å². The number of aliphatic hydroxyl groups excluding tert-OH is 1. The van der Waals surface area contributed by atoms with Gasteiger partial charge in [-0.3, -0.25) is 4.79 Å². The van der Waals surface area contributed by atoms with Crippen molar-refractivity contribution in [3.8, 4) is 5.75 Å². The van der Waals surface area contributed by atoms with Crippen molar-refractivity contribution in [1.29, 1.82) is 0 Å². The molecule has 0 radical (unpaired) electrons. The van der Waals surface area contributed by atoms with E-state index in [1.807, 2.05) is 30.4 Å². The minimum atomic E-state index is -3.85. The van der Waals surface area contributed by atoms with Gasteiger partial charge in [-0.2, -0.15) is 0 Å². The lowest BCUT2D eigenvalue weighted by Gasteiger charge is -2.43. The number of anilines is 1. The summed E-state index contributed by atoms with van der Waals surface area (Å²) < 4.78 is 34.1. The van der Waals surface area contributed by atoms with Gasteiger partial charge in [-0.1, -0.05) is 36.7 Å². The first-order valence-electron chi connectivity index (χ1n) is 13.9. The summed E-state index contributed by atoms with van der Waals surface area (Å²) in [5.74, 6) is 0.00823. The topological polar surface area (TPSA) is 95.9 Å². The third-order valence-electron chi connectivity index (χ3n) is 8.24. The van der Waals surface area contributed by atoms with Gasteiger partial charge in [-0.15, -0.1) is 0 Å². The molecule has 1 aliphatic carbocycles. The molecule has 210 valence electrons. The molecular weight excluding hydrogens is 536 g/mol. The van der Waals surface area contributed by atoms with Crippen LogP contribution in [0.3, 0.4) is 0 Å². The Balaban J connectivity index is 1.52. The molecule has 39 heavy (non-hydrogen) atoms. The van der Waals surface area contributed by atoms with Crippen LogP contribution in [0, 0.1) is 17.8 Å². The second-order valence-electron chi connectivity index (χ2n) is 11.2. The third-order valence-corrected chi connectivity index (χ3v) is 9.93. The zero-order chi connectivity index (χ0) is 27.6. The van der Waals surface area contributed by atoms with Crippen LogP contribution in [-0.2, 0) is 23.1 Å². The predicted octanol–water partition coefficient (Wildman–Crippen LogP) is 5.10. The van der Waals surface area contributed by atoms with E-state index < -0.39 is 22.0 Å². The summed E-state index contributed by atoms with van der Waals surface area (Å²) in [5.41, 5.74) is 3.30. The molecule has 2 aromatic carbocycles. The van der Waals surface area contributed by atoms with E-state index in [2.05, 4.69) is 9.62 Å². The second kappa shape index (κ2) is 11.9. The molecular formula is C30H37ClN2O5S. The normalized spacial score (nSPS) is 28.4. The molecule has 2 aromatic rings. The van der Waals surface area contributed by atoms with E-state index in [0.717, 1.165) is 56.4 Å². The Labute approximate surface area is 236 Å². The number of hydrogen-bond donors (Lipinski definition) is 2. The van der Waals surface area contributed by atoms with Gasteiger partial charge in [0.2, 0.25) is 10.0 Å². The Morgan fingerprint density at radius 1 is 1.10 bits per heavy atom. The number of benzene rings is 2. The smallest absolute Gasteiger partial charge is 0.264 e. The van der Waals surface area contributed by atoms with Crippen LogP contribution in [0.25, 0.3) is 0 Å². The van der Waals surface area contributed by atoms with Gasteiger partial charge in [0.05, 0.1) is 17.5 Å². The fraction of sp³-hybridized carbons (Fsp3) is 0.500. The van der Waals surface area contributed by atoms with Crippen molar-refractivity contribution in [2.45, 2.75) is 58.2 Å². The summed E-state index contributed by atoms with van der Waals surface area (Å²) in [6, 6.07) is 11.0. The van der Waals surface area contributed by atoms with Crippen LogP contribution in [0.1, 0.15) is 60.5 Å². The summed E-state index contributed by atoms with van der Waals surface area (Å²) >= 11 is 6.28. The highest BCUT2D eigenvalue weighted by Gasteiger charge is 2.37. The summed E-state index contributed by atoms with van der Waals surface area (Å²) in [5, 5.41) is 11.7. The van der Waals surface area contributed by atoms with Crippen LogP contribution >= 0.6 is 11.6 Å². The largest absolute Gasteiger partial charge is 0.487 e. The van der Waals surface area contributed by atoms with Crippen LogP contribution in [0.5, 0.6) is 5.75 Å². The molecule has 1 saturated carbocycles. The molecule has 2 N–H and O–H groups in total. The molecule has 4 atom stereocenters. The number of fused-ring (bicyclic) bond motifs is 3. The van der Waals surface area contributed by atoms with Crippen LogP contribution in [0.4, 0.5) is 5.69 Å². The summed E-state index contributed by atoms with van der Waals surface area (Å²) in [6.07, 6.45) is 8.51.